The van der Waals surface area contributed by atoms with Gasteiger partial charge in [-0.1, -0.05) is 26.3 Å². The Labute approximate surface area is 104 Å². The monoisotopic (exact) mass is 236 g/mol. The zero-order chi connectivity index (χ0) is 12.7. The van der Waals surface area contributed by atoms with Gasteiger partial charge in [-0.05, 0) is 13.3 Å². The quantitative estimate of drug-likeness (QED) is 0.682. The van der Waals surface area contributed by atoms with Gasteiger partial charge in [0.1, 0.15) is 5.82 Å². The molecule has 1 aromatic heterocycles. The van der Waals surface area contributed by atoms with E-state index in [9.17, 15) is 0 Å². The minimum absolute atomic E-state index is 0.878. The van der Waals surface area contributed by atoms with Gasteiger partial charge in [-0.2, -0.15) is 5.10 Å². The van der Waals surface area contributed by atoms with Crippen LogP contribution in [0, 0.1) is 0 Å². The average molecular weight is 236 g/mol. The number of nitrogens with zero attached hydrogens (tertiary/aromatic N) is 2. The van der Waals surface area contributed by atoms with Crippen molar-refractivity contribution in [3.8, 4) is 0 Å². The Balaban J connectivity index is 2.52. The summed E-state index contributed by atoms with van der Waals surface area (Å²) in [5.74, 6) is 0.928. The first-order chi connectivity index (χ1) is 8.19. The molecule has 1 heterocycles. The fourth-order valence-corrected chi connectivity index (χ4v) is 1.73. The van der Waals surface area contributed by atoms with E-state index in [-0.39, 0.29) is 0 Å². The van der Waals surface area contributed by atoms with Crippen LogP contribution in [0.1, 0.15) is 38.8 Å². The first kappa shape index (κ1) is 13.6. The minimum Gasteiger partial charge on any atom is -0.384 e. The van der Waals surface area contributed by atoms with E-state index in [0.29, 0.717) is 0 Å². The van der Waals surface area contributed by atoms with Crippen LogP contribution in [0.4, 0.5) is 5.82 Å². The Morgan fingerprint density at radius 2 is 2.18 bits per heavy atom. The number of hydrogen-bond donors (Lipinski definition) is 2. The van der Waals surface area contributed by atoms with E-state index in [4.69, 9.17) is 0 Å². The zero-order valence-electron chi connectivity index (χ0n) is 11.2. The van der Waals surface area contributed by atoms with Crippen LogP contribution >= 0.6 is 0 Å². The maximum absolute atomic E-state index is 4.42. The van der Waals surface area contributed by atoms with Gasteiger partial charge in [0.2, 0.25) is 0 Å². The van der Waals surface area contributed by atoms with Crippen molar-refractivity contribution in [2.75, 3.05) is 18.4 Å². The third-order valence-corrected chi connectivity index (χ3v) is 2.67. The molecule has 0 aliphatic heterocycles. The predicted octanol–water partition coefficient (Wildman–Crippen LogP) is 2.60. The third kappa shape index (κ3) is 4.13. The molecular formula is C13H24N4. The maximum Gasteiger partial charge on any atom is 0.148 e. The highest BCUT2D eigenvalue weighted by Gasteiger charge is 2.06. The number of unbranched alkanes of at least 4 members (excludes halogenated alkanes) is 2. The number of hydrogen-bond acceptors (Lipinski definition) is 3. The van der Waals surface area contributed by atoms with Crippen molar-refractivity contribution in [2.45, 2.75) is 33.1 Å². The molecule has 1 aromatic rings. The molecule has 0 aromatic carbocycles. The molecule has 0 saturated heterocycles. The highest BCUT2D eigenvalue weighted by atomic mass is 15.3. The first-order valence-electron chi connectivity index (χ1n) is 6.40. The summed E-state index contributed by atoms with van der Waals surface area (Å²) in [4.78, 5) is 0. The highest BCUT2D eigenvalue weighted by Crippen LogP contribution is 2.14. The standard InChI is InChI=1S/C13H24N4/c1-5-7-8-9-15-13-10-12(17(4)16-13)11(3)14-6-2/h10,14H,3,5-9H2,1-2,4H3,(H,15,16). The Morgan fingerprint density at radius 3 is 2.82 bits per heavy atom. The lowest BCUT2D eigenvalue weighted by atomic mass is 10.2. The van der Waals surface area contributed by atoms with Crippen molar-refractivity contribution in [1.29, 1.82) is 0 Å². The van der Waals surface area contributed by atoms with Crippen molar-refractivity contribution >= 4 is 11.5 Å². The van der Waals surface area contributed by atoms with Crippen molar-refractivity contribution in [1.82, 2.24) is 15.1 Å². The summed E-state index contributed by atoms with van der Waals surface area (Å²) in [6, 6.07) is 2.04. The smallest absolute Gasteiger partial charge is 0.148 e. The SMILES string of the molecule is C=C(NCC)c1cc(NCCCCC)nn1C. The lowest BCUT2D eigenvalue weighted by molar-refractivity contribution is 0.729. The Bertz CT molecular complexity index is 354. The van der Waals surface area contributed by atoms with Gasteiger partial charge in [-0.3, -0.25) is 4.68 Å². The number of aryl methyl sites for hydroxylation is 1. The van der Waals surface area contributed by atoms with Crippen LogP contribution < -0.4 is 10.6 Å². The van der Waals surface area contributed by atoms with Crippen LogP contribution in [-0.2, 0) is 7.05 Å². The number of rotatable bonds is 8. The molecule has 0 atom stereocenters. The second-order valence-corrected chi connectivity index (χ2v) is 4.18. The van der Waals surface area contributed by atoms with E-state index in [1.54, 1.807) is 0 Å². The molecule has 0 spiro atoms. The lowest BCUT2D eigenvalue weighted by Gasteiger charge is -2.05. The van der Waals surface area contributed by atoms with E-state index >= 15 is 0 Å². The molecule has 96 valence electrons. The minimum atomic E-state index is 0.878. The van der Waals surface area contributed by atoms with Crippen molar-refractivity contribution in [2.24, 2.45) is 7.05 Å². The summed E-state index contributed by atoms with van der Waals surface area (Å²) in [6.45, 7) is 10.1. The molecule has 0 aliphatic rings. The summed E-state index contributed by atoms with van der Waals surface area (Å²) in [6.07, 6.45) is 3.69. The second kappa shape index (κ2) is 6.99. The fraction of sp³-hybridized carbons (Fsp3) is 0.615. The molecule has 0 radical (unpaired) electrons. The lowest BCUT2D eigenvalue weighted by Crippen LogP contribution is -2.12. The van der Waals surface area contributed by atoms with E-state index < -0.39 is 0 Å². The van der Waals surface area contributed by atoms with Gasteiger partial charge in [-0.15, -0.1) is 0 Å². The predicted molar refractivity (Wildman–Crippen MR) is 73.9 cm³/mol. The van der Waals surface area contributed by atoms with Gasteiger partial charge in [0.05, 0.1) is 11.4 Å². The largest absolute Gasteiger partial charge is 0.384 e. The van der Waals surface area contributed by atoms with Gasteiger partial charge in [0.25, 0.3) is 0 Å². The van der Waals surface area contributed by atoms with E-state index in [1.807, 2.05) is 17.8 Å². The van der Waals surface area contributed by atoms with Crippen LogP contribution in [0.15, 0.2) is 12.6 Å². The molecule has 0 saturated carbocycles. The van der Waals surface area contributed by atoms with Crippen LogP contribution in [0.5, 0.6) is 0 Å². The van der Waals surface area contributed by atoms with Crippen LogP contribution in [0.3, 0.4) is 0 Å². The molecule has 2 N–H and O–H groups in total. The van der Waals surface area contributed by atoms with Gasteiger partial charge in [0.15, 0.2) is 0 Å². The molecule has 1 rings (SSSR count). The van der Waals surface area contributed by atoms with E-state index in [2.05, 4.69) is 36.2 Å². The summed E-state index contributed by atoms with van der Waals surface area (Å²) < 4.78 is 1.85. The van der Waals surface area contributed by atoms with Crippen molar-refractivity contribution < 1.29 is 0 Å². The number of nitrogens with one attached hydrogen (secondary N) is 2. The van der Waals surface area contributed by atoms with Crippen LogP contribution in [0.2, 0.25) is 0 Å². The van der Waals surface area contributed by atoms with E-state index in [0.717, 1.165) is 30.3 Å². The molecule has 0 unspecified atom stereocenters. The zero-order valence-corrected chi connectivity index (χ0v) is 11.2. The van der Waals surface area contributed by atoms with Crippen molar-refractivity contribution in [3.05, 3.63) is 18.3 Å². The normalized spacial score (nSPS) is 10.3. The molecule has 0 amide bonds. The molecular weight excluding hydrogens is 212 g/mol. The topological polar surface area (TPSA) is 41.9 Å². The molecule has 0 aliphatic carbocycles. The summed E-state index contributed by atoms with van der Waals surface area (Å²) in [5.41, 5.74) is 1.95. The second-order valence-electron chi connectivity index (χ2n) is 4.18. The average Bonchev–Trinajstić information content (AvgIpc) is 2.66. The van der Waals surface area contributed by atoms with Crippen LogP contribution in [-0.4, -0.2) is 22.9 Å². The number of anilines is 1. The van der Waals surface area contributed by atoms with Gasteiger partial charge < -0.3 is 10.6 Å². The summed E-state index contributed by atoms with van der Waals surface area (Å²) >= 11 is 0. The van der Waals surface area contributed by atoms with E-state index in [1.165, 1.54) is 19.3 Å². The Hall–Kier alpha value is -1.45. The third-order valence-electron chi connectivity index (χ3n) is 2.67. The molecule has 17 heavy (non-hydrogen) atoms. The van der Waals surface area contributed by atoms with Crippen LogP contribution in [0.25, 0.3) is 5.70 Å². The Morgan fingerprint density at radius 1 is 1.41 bits per heavy atom. The van der Waals surface area contributed by atoms with Crippen molar-refractivity contribution in [3.63, 3.8) is 0 Å². The molecule has 0 fully saturated rings. The molecule has 4 nitrogen and oxygen atoms in total. The maximum atomic E-state index is 4.42. The first-order valence-corrected chi connectivity index (χ1v) is 6.40. The summed E-state index contributed by atoms with van der Waals surface area (Å²) in [7, 11) is 1.94. The highest BCUT2D eigenvalue weighted by molar-refractivity contribution is 5.61. The molecule has 4 heteroatoms. The van der Waals surface area contributed by atoms with Gasteiger partial charge >= 0.3 is 0 Å². The fourth-order valence-electron chi connectivity index (χ4n) is 1.73. The van der Waals surface area contributed by atoms with Gasteiger partial charge in [0, 0.05) is 26.2 Å². The summed E-state index contributed by atoms with van der Waals surface area (Å²) in [5, 5.41) is 11.0. The Kier molecular flexibility index (Phi) is 5.60. The molecule has 0 bridgehead atoms. The number of aromatic nitrogens is 2. The van der Waals surface area contributed by atoms with Gasteiger partial charge in [-0.25, -0.2) is 0 Å².